The van der Waals surface area contributed by atoms with Crippen LogP contribution in [0, 0.1) is 0 Å². The second kappa shape index (κ2) is 8.99. The third kappa shape index (κ3) is 4.79. The van der Waals surface area contributed by atoms with Crippen molar-refractivity contribution in [1.29, 1.82) is 0 Å². The van der Waals surface area contributed by atoms with Gasteiger partial charge < -0.3 is 15.0 Å². The molecule has 1 aliphatic rings. The number of methoxy groups -OCH3 is 1. The first kappa shape index (κ1) is 20.0. The van der Waals surface area contributed by atoms with Gasteiger partial charge in [-0.2, -0.15) is 0 Å². The van der Waals surface area contributed by atoms with E-state index in [1.54, 1.807) is 7.11 Å². The van der Waals surface area contributed by atoms with Crippen LogP contribution in [0.4, 0.5) is 0 Å². The second-order valence-corrected chi connectivity index (χ2v) is 7.67. The molecule has 4 rings (SSSR count). The van der Waals surface area contributed by atoms with Crippen molar-refractivity contribution in [1.82, 2.24) is 10.2 Å². The molecule has 0 saturated heterocycles. The molecule has 3 aromatic rings. The lowest BCUT2D eigenvalue weighted by Gasteiger charge is -2.23. The first-order chi connectivity index (χ1) is 14.6. The third-order valence-corrected chi connectivity index (χ3v) is 5.46. The highest BCUT2D eigenvalue weighted by Gasteiger charge is 2.32. The molecule has 1 N–H and O–H groups in total. The Labute approximate surface area is 176 Å². The Morgan fingerprint density at radius 3 is 2.43 bits per heavy atom. The number of nitrogens with one attached hydrogen (secondary N) is 1. The normalized spacial score (nSPS) is 13.1. The fourth-order valence-electron chi connectivity index (χ4n) is 3.59. The van der Waals surface area contributed by atoms with Crippen LogP contribution < -0.4 is 10.1 Å². The molecule has 0 radical (unpaired) electrons. The summed E-state index contributed by atoms with van der Waals surface area (Å²) in [4.78, 5) is 27.2. The molecule has 1 saturated carbocycles. The Balaban J connectivity index is 1.32. The molecular formula is C25H26N2O3. The highest BCUT2D eigenvalue weighted by atomic mass is 16.5. The summed E-state index contributed by atoms with van der Waals surface area (Å²) < 4.78 is 5.20. The van der Waals surface area contributed by atoms with Crippen molar-refractivity contribution in [2.45, 2.75) is 31.8 Å². The summed E-state index contributed by atoms with van der Waals surface area (Å²) in [5, 5.41) is 5.01. The number of ether oxygens (including phenoxy) is 1. The first-order valence-corrected chi connectivity index (χ1v) is 10.3. The Kier molecular flexibility index (Phi) is 5.98. The summed E-state index contributed by atoms with van der Waals surface area (Å²) in [6.45, 7) is 0.919. The number of fused-ring (bicyclic) bond motifs is 1. The first-order valence-electron chi connectivity index (χ1n) is 10.3. The van der Waals surface area contributed by atoms with Crippen molar-refractivity contribution in [3.63, 3.8) is 0 Å². The maximum absolute atomic E-state index is 12.8. The molecule has 0 unspecified atom stereocenters. The smallest absolute Gasteiger partial charge is 0.251 e. The van der Waals surface area contributed by atoms with Gasteiger partial charge in [-0.1, -0.05) is 42.5 Å². The topological polar surface area (TPSA) is 58.6 Å². The Bertz CT molecular complexity index is 1040. The third-order valence-electron chi connectivity index (χ3n) is 5.46. The van der Waals surface area contributed by atoms with E-state index in [1.165, 1.54) is 0 Å². The summed E-state index contributed by atoms with van der Waals surface area (Å²) in [6.07, 6.45) is 2.39. The average Bonchev–Trinajstić information content (AvgIpc) is 3.62. The van der Waals surface area contributed by atoms with Crippen molar-refractivity contribution in [2.24, 2.45) is 0 Å². The van der Waals surface area contributed by atoms with E-state index in [1.807, 2.05) is 71.6 Å². The van der Waals surface area contributed by atoms with Crippen LogP contribution in [0.2, 0.25) is 0 Å². The molecule has 0 spiro atoms. The Hall–Kier alpha value is -3.34. The molecule has 1 fully saturated rings. The van der Waals surface area contributed by atoms with E-state index < -0.39 is 0 Å². The summed E-state index contributed by atoms with van der Waals surface area (Å²) in [5.41, 5.74) is 1.69. The zero-order valence-electron chi connectivity index (χ0n) is 17.1. The number of nitrogens with zero attached hydrogens (tertiary/aromatic N) is 1. The van der Waals surface area contributed by atoms with Gasteiger partial charge in [0.05, 0.1) is 7.11 Å². The SMILES string of the molecule is COc1ccc(CN(C(=O)CCNC(=O)c2ccc3ccccc3c2)C2CC2)cc1. The van der Waals surface area contributed by atoms with E-state index >= 15 is 0 Å². The lowest BCUT2D eigenvalue weighted by molar-refractivity contribution is -0.132. The maximum atomic E-state index is 12.8. The highest BCUT2D eigenvalue weighted by Crippen LogP contribution is 2.29. The van der Waals surface area contributed by atoms with Crippen LogP contribution in [0.1, 0.15) is 35.2 Å². The molecule has 5 nitrogen and oxygen atoms in total. The number of carbonyl (C=O) groups is 2. The van der Waals surface area contributed by atoms with Crippen molar-refractivity contribution < 1.29 is 14.3 Å². The van der Waals surface area contributed by atoms with Crippen LogP contribution in [-0.2, 0) is 11.3 Å². The number of rotatable bonds is 8. The van der Waals surface area contributed by atoms with E-state index in [-0.39, 0.29) is 11.8 Å². The van der Waals surface area contributed by atoms with E-state index in [4.69, 9.17) is 4.74 Å². The summed E-state index contributed by atoms with van der Waals surface area (Å²) >= 11 is 0. The van der Waals surface area contributed by atoms with Gasteiger partial charge in [-0.15, -0.1) is 0 Å². The van der Waals surface area contributed by atoms with Gasteiger partial charge in [0.1, 0.15) is 5.75 Å². The number of hydrogen-bond acceptors (Lipinski definition) is 3. The molecule has 0 aliphatic heterocycles. The molecule has 154 valence electrons. The van der Waals surface area contributed by atoms with Crippen LogP contribution in [0.25, 0.3) is 10.8 Å². The van der Waals surface area contributed by atoms with Crippen molar-refractivity contribution >= 4 is 22.6 Å². The molecule has 5 heteroatoms. The fourth-order valence-corrected chi connectivity index (χ4v) is 3.59. The molecule has 0 bridgehead atoms. The van der Waals surface area contributed by atoms with Gasteiger partial charge in [-0.25, -0.2) is 0 Å². The van der Waals surface area contributed by atoms with Crippen molar-refractivity contribution in [3.8, 4) is 5.75 Å². The Morgan fingerprint density at radius 1 is 1.00 bits per heavy atom. The summed E-state index contributed by atoms with van der Waals surface area (Å²) in [5.74, 6) is 0.730. The highest BCUT2D eigenvalue weighted by molar-refractivity contribution is 5.98. The zero-order valence-corrected chi connectivity index (χ0v) is 17.1. The van der Waals surface area contributed by atoms with Crippen molar-refractivity contribution in [2.75, 3.05) is 13.7 Å². The molecule has 30 heavy (non-hydrogen) atoms. The minimum atomic E-state index is -0.151. The molecule has 1 aliphatic carbocycles. The molecule has 0 heterocycles. The van der Waals surface area contributed by atoms with Gasteiger partial charge >= 0.3 is 0 Å². The van der Waals surface area contributed by atoms with Crippen LogP contribution >= 0.6 is 0 Å². The lowest BCUT2D eigenvalue weighted by Crippen LogP contribution is -2.35. The summed E-state index contributed by atoms with van der Waals surface area (Å²) in [7, 11) is 1.64. The molecule has 2 amide bonds. The zero-order chi connectivity index (χ0) is 20.9. The predicted molar refractivity (Wildman–Crippen MR) is 117 cm³/mol. The molecule has 3 aromatic carbocycles. The standard InChI is InChI=1S/C25H26N2O3/c1-30-23-12-6-18(7-13-23)17-27(22-10-11-22)24(28)14-15-26-25(29)21-9-8-19-4-2-3-5-20(19)16-21/h2-9,12-13,16,22H,10-11,14-15,17H2,1H3,(H,26,29). The number of benzene rings is 3. The monoisotopic (exact) mass is 402 g/mol. The fraction of sp³-hybridized carbons (Fsp3) is 0.280. The Morgan fingerprint density at radius 2 is 1.73 bits per heavy atom. The van der Waals surface area contributed by atoms with Gasteiger partial charge in [0.2, 0.25) is 5.91 Å². The van der Waals surface area contributed by atoms with Gasteiger partial charge in [0, 0.05) is 31.1 Å². The van der Waals surface area contributed by atoms with Gasteiger partial charge in [0.25, 0.3) is 5.91 Å². The number of hydrogen-bond donors (Lipinski definition) is 1. The lowest BCUT2D eigenvalue weighted by atomic mass is 10.1. The van der Waals surface area contributed by atoms with Crippen LogP contribution in [0.15, 0.2) is 66.7 Å². The predicted octanol–water partition coefficient (Wildman–Crippen LogP) is 4.16. The maximum Gasteiger partial charge on any atom is 0.251 e. The summed E-state index contributed by atoms with van der Waals surface area (Å²) in [6, 6.07) is 21.7. The number of carbonyl (C=O) groups excluding carboxylic acids is 2. The molecular weight excluding hydrogens is 376 g/mol. The van der Waals surface area contributed by atoms with E-state index in [0.29, 0.717) is 31.1 Å². The molecule has 0 atom stereocenters. The number of amides is 2. The minimum absolute atomic E-state index is 0.0760. The van der Waals surface area contributed by atoms with Gasteiger partial charge in [0.15, 0.2) is 0 Å². The molecule has 0 aromatic heterocycles. The van der Waals surface area contributed by atoms with Gasteiger partial charge in [-0.3, -0.25) is 9.59 Å². The van der Waals surface area contributed by atoms with Crippen molar-refractivity contribution in [3.05, 3.63) is 77.9 Å². The average molecular weight is 402 g/mol. The second-order valence-electron chi connectivity index (χ2n) is 7.67. The van der Waals surface area contributed by atoms with Crippen LogP contribution in [-0.4, -0.2) is 36.4 Å². The van der Waals surface area contributed by atoms with E-state index in [2.05, 4.69) is 5.32 Å². The van der Waals surface area contributed by atoms with Gasteiger partial charge in [-0.05, 0) is 53.4 Å². The van der Waals surface area contributed by atoms with E-state index in [0.717, 1.165) is 34.9 Å². The van der Waals surface area contributed by atoms with E-state index in [9.17, 15) is 9.59 Å². The van der Waals surface area contributed by atoms with Crippen LogP contribution in [0.3, 0.4) is 0 Å². The van der Waals surface area contributed by atoms with Crippen LogP contribution in [0.5, 0.6) is 5.75 Å². The quantitative estimate of drug-likeness (QED) is 0.616. The largest absolute Gasteiger partial charge is 0.497 e. The minimum Gasteiger partial charge on any atom is -0.497 e.